The minimum atomic E-state index is -0.331. The highest BCUT2D eigenvalue weighted by atomic mass is 32.1. The van der Waals surface area contributed by atoms with Crippen LogP contribution in [0.15, 0.2) is 66.2 Å². The molecule has 146 valence electrons. The summed E-state index contributed by atoms with van der Waals surface area (Å²) in [4.78, 5) is 13.7. The lowest BCUT2D eigenvalue weighted by molar-refractivity contribution is 0.102. The Labute approximate surface area is 173 Å². The average molecular weight is 404 g/mol. The number of anilines is 2. The van der Waals surface area contributed by atoms with E-state index in [1.54, 1.807) is 28.3 Å². The molecule has 0 bridgehead atoms. The van der Waals surface area contributed by atoms with Crippen LogP contribution in [0, 0.1) is 6.92 Å². The van der Waals surface area contributed by atoms with Crippen LogP contribution >= 0.6 is 11.3 Å². The van der Waals surface area contributed by atoms with Gasteiger partial charge < -0.3 is 11.1 Å². The molecule has 0 radical (unpaired) electrons. The van der Waals surface area contributed by atoms with Gasteiger partial charge in [-0.25, -0.2) is 0 Å². The standard InChI is InChI=1S/C22H21N5OS/c1-15-5-2-3-6-16(15)10-11-27-14-20(25-26-27)22(28)24-19-13-17(8-9-18(19)23)21-7-4-12-29-21/h2-9,12-14H,10-11,23H2,1H3,(H,24,28). The summed E-state index contributed by atoms with van der Waals surface area (Å²) in [5, 5.41) is 13.0. The Hall–Kier alpha value is -3.45. The molecule has 7 heteroatoms. The number of hydrogen-bond acceptors (Lipinski definition) is 5. The molecule has 0 fully saturated rings. The molecule has 0 saturated heterocycles. The van der Waals surface area contributed by atoms with E-state index in [-0.39, 0.29) is 11.6 Å². The molecule has 4 aromatic rings. The van der Waals surface area contributed by atoms with Crippen molar-refractivity contribution in [3.63, 3.8) is 0 Å². The van der Waals surface area contributed by atoms with Crippen molar-refractivity contribution in [3.8, 4) is 10.4 Å². The molecular weight excluding hydrogens is 382 g/mol. The third kappa shape index (κ3) is 4.35. The van der Waals surface area contributed by atoms with E-state index in [2.05, 4.69) is 34.7 Å². The molecule has 0 unspecified atom stereocenters. The van der Waals surface area contributed by atoms with Gasteiger partial charge in [-0.3, -0.25) is 9.48 Å². The topological polar surface area (TPSA) is 85.8 Å². The van der Waals surface area contributed by atoms with Crippen molar-refractivity contribution in [2.75, 3.05) is 11.1 Å². The number of carbonyl (C=O) groups excluding carboxylic acids is 1. The van der Waals surface area contributed by atoms with E-state index >= 15 is 0 Å². The molecule has 29 heavy (non-hydrogen) atoms. The maximum atomic E-state index is 12.6. The van der Waals surface area contributed by atoms with Crippen molar-refractivity contribution in [3.05, 3.63) is 83.0 Å². The summed E-state index contributed by atoms with van der Waals surface area (Å²) in [5.41, 5.74) is 10.9. The van der Waals surface area contributed by atoms with E-state index in [4.69, 9.17) is 5.73 Å². The van der Waals surface area contributed by atoms with Gasteiger partial charge >= 0.3 is 0 Å². The molecule has 0 saturated carbocycles. The highest BCUT2D eigenvalue weighted by Gasteiger charge is 2.14. The van der Waals surface area contributed by atoms with Gasteiger partial charge in [0.2, 0.25) is 0 Å². The monoisotopic (exact) mass is 403 g/mol. The Balaban J connectivity index is 1.44. The fraction of sp³-hybridized carbons (Fsp3) is 0.136. The Morgan fingerprint density at radius 3 is 2.83 bits per heavy atom. The second-order valence-corrected chi connectivity index (χ2v) is 7.72. The van der Waals surface area contributed by atoms with Crippen LogP contribution < -0.4 is 11.1 Å². The van der Waals surface area contributed by atoms with Crippen LogP contribution in [0.5, 0.6) is 0 Å². The molecule has 2 aromatic carbocycles. The third-order valence-electron chi connectivity index (χ3n) is 4.75. The number of nitrogens with two attached hydrogens (primary N) is 1. The third-order valence-corrected chi connectivity index (χ3v) is 5.67. The van der Waals surface area contributed by atoms with Crippen LogP contribution in [0.4, 0.5) is 11.4 Å². The van der Waals surface area contributed by atoms with E-state index in [1.807, 2.05) is 41.8 Å². The quantitative estimate of drug-likeness (QED) is 0.468. The normalized spacial score (nSPS) is 10.8. The molecule has 3 N–H and O–H groups in total. The van der Waals surface area contributed by atoms with Crippen LogP contribution in [0.3, 0.4) is 0 Å². The number of thiophene rings is 1. The van der Waals surface area contributed by atoms with E-state index in [1.165, 1.54) is 11.1 Å². The summed E-state index contributed by atoms with van der Waals surface area (Å²) in [6.45, 7) is 2.74. The Kier molecular flexibility index (Phi) is 5.39. The highest BCUT2D eigenvalue weighted by Crippen LogP contribution is 2.30. The molecule has 2 aromatic heterocycles. The number of rotatable bonds is 6. The van der Waals surface area contributed by atoms with Gasteiger partial charge in [-0.2, -0.15) is 0 Å². The van der Waals surface area contributed by atoms with Gasteiger partial charge in [0.1, 0.15) is 0 Å². The van der Waals surface area contributed by atoms with E-state index in [0.29, 0.717) is 17.9 Å². The van der Waals surface area contributed by atoms with E-state index in [9.17, 15) is 4.79 Å². The lowest BCUT2D eigenvalue weighted by Gasteiger charge is -2.08. The van der Waals surface area contributed by atoms with Gasteiger partial charge in [-0.05, 0) is 53.6 Å². The van der Waals surface area contributed by atoms with Gasteiger partial charge in [-0.1, -0.05) is 41.6 Å². The van der Waals surface area contributed by atoms with Crippen LogP contribution in [0.2, 0.25) is 0 Å². The van der Waals surface area contributed by atoms with Crippen molar-refractivity contribution in [1.29, 1.82) is 0 Å². The number of hydrogen-bond donors (Lipinski definition) is 2. The molecule has 2 heterocycles. The summed E-state index contributed by atoms with van der Waals surface area (Å²) >= 11 is 1.63. The fourth-order valence-electron chi connectivity index (χ4n) is 3.08. The summed E-state index contributed by atoms with van der Waals surface area (Å²) in [7, 11) is 0. The summed E-state index contributed by atoms with van der Waals surface area (Å²) < 4.78 is 1.69. The van der Waals surface area contributed by atoms with Gasteiger partial charge in [0.05, 0.1) is 17.6 Å². The highest BCUT2D eigenvalue weighted by molar-refractivity contribution is 7.13. The second kappa shape index (κ2) is 8.28. The zero-order valence-electron chi connectivity index (χ0n) is 16.0. The van der Waals surface area contributed by atoms with Crippen LogP contribution in [0.25, 0.3) is 10.4 Å². The zero-order valence-corrected chi connectivity index (χ0v) is 16.8. The minimum absolute atomic E-state index is 0.260. The fourth-order valence-corrected chi connectivity index (χ4v) is 3.81. The summed E-state index contributed by atoms with van der Waals surface area (Å²) in [5.74, 6) is -0.331. The average Bonchev–Trinajstić information content (AvgIpc) is 3.41. The number of benzene rings is 2. The predicted octanol–water partition coefficient (Wildman–Crippen LogP) is 4.39. The Morgan fingerprint density at radius 2 is 2.03 bits per heavy atom. The van der Waals surface area contributed by atoms with Gasteiger partial charge in [0, 0.05) is 11.4 Å². The largest absolute Gasteiger partial charge is 0.397 e. The van der Waals surface area contributed by atoms with Gasteiger partial charge in [0.25, 0.3) is 5.91 Å². The summed E-state index contributed by atoms with van der Waals surface area (Å²) in [6.07, 6.45) is 2.49. The first-order chi connectivity index (χ1) is 14.1. The summed E-state index contributed by atoms with van der Waals surface area (Å²) in [6, 6.07) is 17.9. The molecule has 0 aliphatic rings. The van der Waals surface area contributed by atoms with Crippen molar-refractivity contribution in [2.24, 2.45) is 0 Å². The Bertz CT molecular complexity index is 1130. The zero-order chi connectivity index (χ0) is 20.2. The number of amides is 1. The Morgan fingerprint density at radius 1 is 1.17 bits per heavy atom. The molecule has 0 atom stereocenters. The first kappa shape index (κ1) is 18.9. The van der Waals surface area contributed by atoms with Crippen molar-refractivity contribution >= 4 is 28.6 Å². The number of aromatic nitrogens is 3. The molecule has 0 aliphatic heterocycles. The van der Waals surface area contributed by atoms with Crippen LogP contribution in [0.1, 0.15) is 21.6 Å². The van der Waals surface area contributed by atoms with Crippen LogP contribution in [-0.4, -0.2) is 20.9 Å². The molecule has 0 spiro atoms. The molecule has 0 aliphatic carbocycles. The van der Waals surface area contributed by atoms with E-state index < -0.39 is 0 Å². The van der Waals surface area contributed by atoms with Crippen molar-refractivity contribution < 1.29 is 4.79 Å². The molecule has 6 nitrogen and oxygen atoms in total. The lowest BCUT2D eigenvalue weighted by atomic mass is 10.1. The first-order valence-electron chi connectivity index (χ1n) is 9.29. The molecule has 1 amide bonds. The molecular formula is C22H21N5OS. The van der Waals surface area contributed by atoms with Crippen molar-refractivity contribution in [2.45, 2.75) is 19.9 Å². The van der Waals surface area contributed by atoms with Gasteiger partial charge in [0.15, 0.2) is 5.69 Å². The SMILES string of the molecule is Cc1ccccc1CCn1cc(C(=O)Nc2cc(-c3cccs3)ccc2N)nn1. The number of nitrogens with zero attached hydrogens (tertiary/aromatic N) is 3. The van der Waals surface area contributed by atoms with Crippen LogP contribution in [-0.2, 0) is 13.0 Å². The number of carbonyl (C=O) groups is 1. The smallest absolute Gasteiger partial charge is 0.277 e. The lowest BCUT2D eigenvalue weighted by Crippen LogP contribution is -2.13. The number of nitrogen functional groups attached to an aromatic ring is 1. The minimum Gasteiger partial charge on any atom is -0.397 e. The number of aryl methyl sites for hydroxylation is 3. The maximum Gasteiger partial charge on any atom is 0.277 e. The van der Waals surface area contributed by atoms with Gasteiger partial charge in [-0.15, -0.1) is 16.4 Å². The van der Waals surface area contributed by atoms with E-state index in [0.717, 1.165) is 16.9 Å². The second-order valence-electron chi connectivity index (χ2n) is 6.78. The van der Waals surface area contributed by atoms with Crippen molar-refractivity contribution in [1.82, 2.24) is 15.0 Å². The molecule has 4 rings (SSSR count). The maximum absolute atomic E-state index is 12.6. The first-order valence-corrected chi connectivity index (χ1v) is 10.2. The number of nitrogens with one attached hydrogen (secondary N) is 1. The predicted molar refractivity (Wildman–Crippen MR) is 117 cm³/mol.